The zero-order chi connectivity index (χ0) is 15.6. The molecule has 1 saturated heterocycles. The molecule has 9 heteroatoms. The molecule has 0 radical (unpaired) electrons. The highest BCUT2D eigenvalue weighted by Crippen LogP contribution is 2.41. The Kier molecular flexibility index (Phi) is 4.11. The second-order valence-corrected chi connectivity index (χ2v) is 4.35. The third kappa shape index (κ3) is 2.96. The molecule has 1 heterocycles. The minimum Gasteiger partial charge on any atom is -0.371 e. The standard InChI is InChI=1S/C12H10F3N3O3/c13-12(14,15)8-2-1-7(5-16)11(18(19)20)10(8)9-6-17-3-4-21-9/h1-2,9,17H,3-4,6H2. The summed E-state index contributed by atoms with van der Waals surface area (Å²) < 4.78 is 44.5. The normalized spacial score (nSPS) is 19.0. The Morgan fingerprint density at radius 3 is 2.67 bits per heavy atom. The van der Waals surface area contributed by atoms with Crippen molar-refractivity contribution in [3.05, 3.63) is 38.9 Å². The molecule has 21 heavy (non-hydrogen) atoms. The number of nitro benzene ring substituents is 1. The number of rotatable bonds is 2. The van der Waals surface area contributed by atoms with Crippen LogP contribution in [0.1, 0.15) is 22.8 Å². The third-order valence-corrected chi connectivity index (χ3v) is 3.08. The molecular weight excluding hydrogens is 291 g/mol. The Balaban J connectivity index is 2.71. The number of ether oxygens (including phenoxy) is 1. The Morgan fingerprint density at radius 1 is 1.48 bits per heavy atom. The first-order valence-corrected chi connectivity index (χ1v) is 5.97. The minimum atomic E-state index is -4.77. The maximum absolute atomic E-state index is 13.1. The van der Waals surface area contributed by atoms with Crippen molar-refractivity contribution < 1.29 is 22.8 Å². The van der Waals surface area contributed by atoms with Crippen molar-refractivity contribution in [2.75, 3.05) is 19.7 Å². The molecule has 1 aliphatic rings. The SMILES string of the molecule is N#Cc1ccc(C(F)(F)F)c(C2CNCCO2)c1[N+](=O)[O-]. The molecule has 0 aromatic heterocycles. The monoisotopic (exact) mass is 301 g/mol. The summed E-state index contributed by atoms with van der Waals surface area (Å²) in [4.78, 5) is 10.2. The first kappa shape index (κ1) is 15.2. The van der Waals surface area contributed by atoms with E-state index in [0.717, 1.165) is 6.07 Å². The second kappa shape index (κ2) is 5.67. The molecule has 0 saturated carbocycles. The van der Waals surface area contributed by atoms with Crippen molar-refractivity contribution in [1.29, 1.82) is 5.26 Å². The molecule has 0 aliphatic carbocycles. The number of halogens is 3. The molecule has 1 aromatic rings. The lowest BCUT2D eigenvalue weighted by molar-refractivity contribution is -0.386. The number of nitrogens with one attached hydrogen (secondary N) is 1. The fourth-order valence-corrected chi connectivity index (χ4v) is 2.22. The summed E-state index contributed by atoms with van der Waals surface area (Å²) in [7, 11) is 0. The highest BCUT2D eigenvalue weighted by Gasteiger charge is 2.41. The quantitative estimate of drug-likeness (QED) is 0.668. The molecule has 1 N–H and O–H groups in total. The molecule has 112 valence electrons. The van der Waals surface area contributed by atoms with E-state index in [2.05, 4.69) is 5.32 Å². The fourth-order valence-electron chi connectivity index (χ4n) is 2.22. The van der Waals surface area contributed by atoms with Gasteiger partial charge in [0.25, 0.3) is 5.69 Å². The van der Waals surface area contributed by atoms with Crippen LogP contribution in [-0.4, -0.2) is 24.6 Å². The van der Waals surface area contributed by atoms with E-state index in [1.807, 2.05) is 0 Å². The molecule has 2 rings (SSSR count). The van der Waals surface area contributed by atoms with Crippen LogP contribution in [0.3, 0.4) is 0 Å². The highest BCUT2D eigenvalue weighted by atomic mass is 19.4. The summed E-state index contributed by atoms with van der Waals surface area (Å²) in [5.41, 5.74) is -3.01. The van der Waals surface area contributed by atoms with Crippen molar-refractivity contribution in [2.45, 2.75) is 12.3 Å². The Morgan fingerprint density at radius 2 is 2.19 bits per heavy atom. The van der Waals surface area contributed by atoms with E-state index in [1.165, 1.54) is 0 Å². The van der Waals surface area contributed by atoms with Gasteiger partial charge in [-0.3, -0.25) is 10.1 Å². The molecule has 0 bridgehead atoms. The van der Waals surface area contributed by atoms with Gasteiger partial charge in [-0.05, 0) is 12.1 Å². The molecule has 0 amide bonds. The van der Waals surface area contributed by atoms with Crippen LogP contribution in [0.4, 0.5) is 18.9 Å². The summed E-state index contributed by atoms with van der Waals surface area (Å²) in [5, 5.41) is 22.8. The topological polar surface area (TPSA) is 88.2 Å². The number of morpholine rings is 1. The van der Waals surface area contributed by atoms with Crippen molar-refractivity contribution in [3.8, 4) is 6.07 Å². The molecule has 0 spiro atoms. The summed E-state index contributed by atoms with van der Waals surface area (Å²) in [6.07, 6.45) is -5.89. The summed E-state index contributed by atoms with van der Waals surface area (Å²) in [6.45, 7) is 0.596. The van der Waals surface area contributed by atoms with Gasteiger partial charge in [-0.25, -0.2) is 0 Å². The lowest BCUT2D eigenvalue weighted by Crippen LogP contribution is -2.34. The van der Waals surface area contributed by atoms with E-state index in [9.17, 15) is 23.3 Å². The molecule has 1 aliphatic heterocycles. The van der Waals surface area contributed by atoms with Crippen LogP contribution in [0.5, 0.6) is 0 Å². The number of hydrogen-bond acceptors (Lipinski definition) is 5. The maximum atomic E-state index is 13.1. The van der Waals surface area contributed by atoms with Gasteiger partial charge in [0.2, 0.25) is 0 Å². The van der Waals surface area contributed by atoms with Crippen LogP contribution < -0.4 is 5.32 Å². The van der Waals surface area contributed by atoms with E-state index >= 15 is 0 Å². The zero-order valence-electron chi connectivity index (χ0n) is 10.6. The Hall–Kier alpha value is -2.18. The van der Waals surface area contributed by atoms with Crippen LogP contribution >= 0.6 is 0 Å². The number of benzene rings is 1. The average molecular weight is 301 g/mol. The van der Waals surface area contributed by atoms with Gasteiger partial charge in [-0.1, -0.05) is 0 Å². The van der Waals surface area contributed by atoms with Gasteiger partial charge >= 0.3 is 6.18 Å². The van der Waals surface area contributed by atoms with Crippen LogP contribution in [0.25, 0.3) is 0 Å². The minimum absolute atomic E-state index is 0.0127. The Bertz CT molecular complexity index is 604. The summed E-state index contributed by atoms with van der Waals surface area (Å²) in [5.74, 6) is 0. The Labute approximate surface area is 117 Å². The zero-order valence-corrected chi connectivity index (χ0v) is 10.6. The van der Waals surface area contributed by atoms with E-state index in [1.54, 1.807) is 6.07 Å². The number of nitro groups is 1. The first-order chi connectivity index (χ1) is 9.86. The maximum Gasteiger partial charge on any atom is 0.417 e. The second-order valence-electron chi connectivity index (χ2n) is 4.35. The fraction of sp³-hybridized carbons (Fsp3) is 0.417. The first-order valence-electron chi connectivity index (χ1n) is 5.97. The predicted octanol–water partition coefficient (Wildman–Crippen LogP) is 2.15. The van der Waals surface area contributed by atoms with Crippen LogP contribution in [0.15, 0.2) is 12.1 Å². The van der Waals surface area contributed by atoms with Crippen LogP contribution in [0.2, 0.25) is 0 Å². The van der Waals surface area contributed by atoms with Crippen molar-refractivity contribution in [3.63, 3.8) is 0 Å². The van der Waals surface area contributed by atoms with Gasteiger partial charge in [0, 0.05) is 13.1 Å². The molecule has 1 atom stereocenters. The third-order valence-electron chi connectivity index (χ3n) is 3.08. The summed E-state index contributed by atoms with van der Waals surface area (Å²) in [6, 6.07) is 3.04. The molecule has 1 unspecified atom stereocenters. The highest BCUT2D eigenvalue weighted by molar-refractivity contribution is 5.59. The van der Waals surface area contributed by atoms with E-state index < -0.39 is 39.6 Å². The van der Waals surface area contributed by atoms with Gasteiger partial charge in [0.05, 0.1) is 22.7 Å². The lowest BCUT2D eigenvalue weighted by atomic mass is 9.95. The van der Waals surface area contributed by atoms with Crippen molar-refractivity contribution in [2.24, 2.45) is 0 Å². The number of hydrogen-bond donors (Lipinski definition) is 1. The average Bonchev–Trinajstić information content (AvgIpc) is 2.45. The lowest BCUT2D eigenvalue weighted by Gasteiger charge is -2.26. The molecule has 1 aromatic carbocycles. The van der Waals surface area contributed by atoms with E-state index in [-0.39, 0.29) is 13.2 Å². The molecule has 1 fully saturated rings. The van der Waals surface area contributed by atoms with Crippen LogP contribution in [-0.2, 0) is 10.9 Å². The van der Waals surface area contributed by atoms with Gasteiger partial charge in [-0.2, -0.15) is 18.4 Å². The smallest absolute Gasteiger partial charge is 0.371 e. The number of nitriles is 1. The molecular formula is C12H10F3N3O3. The van der Waals surface area contributed by atoms with Gasteiger partial charge in [0.1, 0.15) is 17.7 Å². The largest absolute Gasteiger partial charge is 0.417 e. The summed E-state index contributed by atoms with van der Waals surface area (Å²) >= 11 is 0. The van der Waals surface area contributed by atoms with Gasteiger partial charge in [0.15, 0.2) is 0 Å². The molecule has 6 nitrogen and oxygen atoms in total. The number of alkyl halides is 3. The predicted molar refractivity (Wildman–Crippen MR) is 64.4 cm³/mol. The van der Waals surface area contributed by atoms with E-state index in [4.69, 9.17) is 10.00 Å². The van der Waals surface area contributed by atoms with Gasteiger partial charge < -0.3 is 10.1 Å². The number of nitrogens with zero attached hydrogens (tertiary/aromatic N) is 2. The van der Waals surface area contributed by atoms with Gasteiger partial charge in [-0.15, -0.1) is 0 Å². The van der Waals surface area contributed by atoms with E-state index in [0.29, 0.717) is 12.6 Å². The van der Waals surface area contributed by atoms with Crippen LogP contribution in [0, 0.1) is 21.4 Å². The van der Waals surface area contributed by atoms with Crippen molar-refractivity contribution >= 4 is 5.69 Å². The van der Waals surface area contributed by atoms with Crippen molar-refractivity contribution in [1.82, 2.24) is 5.32 Å².